The minimum atomic E-state index is -3.86. The molecule has 40 heavy (non-hydrogen) atoms. The van der Waals surface area contributed by atoms with E-state index in [1.165, 1.54) is 0 Å². The minimum Gasteiger partial charge on any atom is -0.379 e. The van der Waals surface area contributed by atoms with Crippen LogP contribution in [0.5, 0.6) is 0 Å². The summed E-state index contributed by atoms with van der Waals surface area (Å²) >= 11 is 0.916. The Bertz CT molecular complexity index is 1690. The maximum Gasteiger partial charge on any atom is 0.291 e. The first-order chi connectivity index (χ1) is 19.0. The van der Waals surface area contributed by atoms with Crippen molar-refractivity contribution in [2.24, 2.45) is 0 Å². The summed E-state index contributed by atoms with van der Waals surface area (Å²) < 4.78 is 35.0. The quantitative estimate of drug-likeness (QED) is 0.248. The predicted octanol–water partition coefficient (Wildman–Crippen LogP) is 2.84. The zero-order valence-electron chi connectivity index (χ0n) is 21.8. The molecule has 5 heterocycles. The first-order valence-electron chi connectivity index (χ1n) is 12.3. The maximum atomic E-state index is 12.7. The Kier molecular flexibility index (Phi) is 9.05. The smallest absolute Gasteiger partial charge is 0.291 e. The van der Waals surface area contributed by atoms with E-state index in [2.05, 4.69) is 40.2 Å². The van der Waals surface area contributed by atoms with E-state index in [0.717, 1.165) is 67.4 Å². The van der Waals surface area contributed by atoms with Gasteiger partial charge in [0.2, 0.25) is 5.13 Å². The van der Waals surface area contributed by atoms with Crippen LogP contribution in [0, 0.1) is 0 Å². The molecule has 1 saturated heterocycles. The van der Waals surface area contributed by atoms with E-state index in [-0.39, 0.29) is 33.9 Å². The molecule has 15 heteroatoms. The summed E-state index contributed by atoms with van der Waals surface area (Å²) in [4.78, 5) is 11.6. The molecule has 0 atom stereocenters. The number of hydrogen-bond donors (Lipinski definition) is 2. The van der Waals surface area contributed by atoms with Crippen molar-refractivity contribution in [1.82, 2.24) is 34.8 Å². The SMILES string of the molecule is O=S(=O)(Nc1ccccc1)c1nnc(Nc2ccc3ncc(-c4cnn(CCN5CCOCC5)c4)cc3n2)s1.[Na]. The van der Waals surface area contributed by atoms with Crippen LogP contribution < -0.4 is 10.0 Å². The molecule has 1 aliphatic heterocycles. The van der Waals surface area contributed by atoms with Gasteiger partial charge in [0.05, 0.1) is 37.0 Å². The van der Waals surface area contributed by atoms with Crippen molar-refractivity contribution in [3.8, 4) is 11.1 Å². The number of nitrogens with one attached hydrogen (secondary N) is 2. The number of para-hydroxylation sites is 1. The molecule has 1 radical (unpaired) electrons. The van der Waals surface area contributed by atoms with Gasteiger partial charge in [0.1, 0.15) is 5.82 Å². The third kappa shape index (κ3) is 6.83. The van der Waals surface area contributed by atoms with Crippen LogP contribution in [-0.2, 0) is 21.3 Å². The Labute approximate surface area is 257 Å². The summed E-state index contributed by atoms with van der Waals surface area (Å²) in [6, 6.07) is 14.2. The number of benzene rings is 1. The zero-order valence-corrected chi connectivity index (χ0v) is 25.4. The monoisotopic (exact) mass is 586 g/mol. The number of anilines is 3. The molecule has 0 amide bonds. The van der Waals surface area contributed by atoms with Gasteiger partial charge in [-0.25, -0.2) is 4.98 Å². The van der Waals surface area contributed by atoms with E-state index in [4.69, 9.17) is 4.74 Å². The Morgan fingerprint density at radius 2 is 1.77 bits per heavy atom. The number of hydrogen-bond acceptors (Lipinski definition) is 11. The third-order valence-corrected chi connectivity index (χ3v) is 8.74. The molecule has 201 valence electrons. The van der Waals surface area contributed by atoms with E-state index in [1.54, 1.807) is 36.4 Å². The molecule has 2 N–H and O–H groups in total. The van der Waals surface area contributed by atoms with Crippen molar-refractivity contribution in [3.63, 3.8) is 0 Å². The zero-order chi connectivity index (χ0) is 26.7. The first-order valence-corrected chi connectivity index (χ1v) is 14.6. The van der Waals surface area contributed by atoms with Crippen molar-refractivity contribution < 1.29 is 13.2 Å². The molecular weight excluding hydrogens is 561 g/mol. The van der Waals surface area contributed by atoms with Crippen LogP contribution in [0.15, 0.2) is 71.5 Å². The van der Waals surface area contributed by atoms with Crippen LogP contribution in [0.3, 0.4) is 0 Å². The summed E-state index contributed by atoms with van der Waals surface area (Å²) in [7, 11) is -3.86. The molecule has 0 bridgehead atoms. The predicted molar refractivity (Wildman–Crippen MR) is 154 cm³/mol. The summed E-state index contributed by atoms with van der Waals surface area (Å²) in [6.45, 7) is 5.18. The average molecular weight is 587 g/mol. The number of nitrogens with zero attached hydrogens (tertiary/aromatic N) is 7. The molecule has 1 aliphatic rings. The molecule has 0 saturated carbocycles. The topological polar surface area (TPSA) is 140 Å². The number of ether oxygens (including phenoxy) is 1. The second-order valence-corrected chi connectivity index (χ2v) is 11.7. The van der Waals surface area contributed by atoms with Gasteiger partial charge in [0.15, 0.2) is 0 Å². The van der Waals surface area contributed by atoms with Crippen LogP contribution in [0.4, 0.5) is 16.6 Å². The molecule has 0 unspecified atom stereocenters. The van der Waals surface area contributed by atoms with E-state index in [1.807, 2.05) is 35.4 Å². The molecule has 1 aromatic carbocycles. The van der Waals surface area contributed by atoms with E-state index in [9.17, 15) is 8.42 Å². The number of fused-ring (bicyclic) bond motifs is 1. The van der Waals surface area contributed by atoms with Crippen LogP contribution in [0.25, 0.3) is 22.2 Å². The van der Waals surface area contributed by atoms with Gasteiger partial charge in [-0.3, -0.25) is 19.3 Å². The van der Waals surface area contributed by atoms with E-state index in [0.29, 0.717) is 22.2 Å². The van der Waals surface area contributed by atoms with Gasteiger partial charge in [-0.1, -0.05) is 29.5 Å². The van der Waals surface area contributed by atoms with Crippen LogP contribution in [-0.4, -0.2) is 106 Å². The van der Waals surface area contributed by atoms with Crippen molar-refractivity contribution in [2.75, 3.05) is 42.9 Å². The Hall–Kier alpha value is -2.98. The van der Waals surface area contributed by atoms with Crippen LogP contribution in [0.2, 0.25) is 0 Å². The number of rotatable bonds is 9. The number of pyridine rings is 2. The maximum absolute atomic E-state index is 12.7. The fraction of sp³-hybridized carbons (Fsp3) is 0.240. The average Bonchev–Trinajstić information content (AvgIpc) is 3.63. The third-order valence-electron chi connectivity index (χ3n) is 6.15. The Balaban J connectivity index is 0.00000323. The number of aromatic nitrogens is 6. The summed E-state index contributed by atoms with van der Waals surface area (Å²) in [5.74, 6) is 0.499. The first kappa shape index (κ1) is 28.5. The molecular formula is C25H25N9NaO3S2. The standard InChI is InChI=1S/C25H25N9O3S2.Na/c35-39(36,32-20-4-2-1-3-5-20)25-31-30-24(38-25)29-23-7-6-21-22(28-23)14-18(15-26-21)19-16-27-34(17-19)9-8-33-10-12-37-13-11-33;/h1-7,14-17,32H,8-13H2,(H,28,29,30);. The normalized spacial score (nSPS) is 14.1. The van der Waals surface area contributed by atoms with Crippen LogP contribution in [0.1, 0.15) is 0 Å². The van der Waals surface area contributed by atoms with Gasteiger partial charge >= 0.3 is 0 Å². The van der Waals surface area contributed by atoms with Crippen molar-refractivity contribution in [1.29, 1.82) is 0 Å². The summed E-state index contributed by atoms with van der Waals surface area (Å²) in [5, 5.41) is 15.7. The Morgan fingerprint density at radius 3 is 2.60 bits per heavy atom. The van der Waals surface area contributed by atoms with Gasteiger partial charge in [-0.2, -0.15) is 13.5 Å². The largest absolute Gasteiger partial charge is 0.379 e. The fourth-order valence-corrected chi connectivity index (χ4v) is 6.09. The molecule has 1 fully saturated rings. The van der Waals surface area contributed by atoms with Crippen molar-refractivity contribution >= 4 is 78.6 Å². The molecule has 0 aliphatic carbocycles. The molecule has 4 aromatic heterocycles. The molecule has 0 spiro atoms. The van der Waals surface area contributed by atoms with E-state index < -0.39 is 10.0 Å². The van der Waals surface area contributed by atoms with Crippen LogP contribution >= 0.6 is 11.3 Å². The Morgan fingerprint density at radius 1 is 0.950 bits per heavy atom. The summed E-state index contributed by atoms with van der Waals surface area (Å²) in [5.41, 5.74) is 3.72. The van der Waals surface area contributed by atoms with Gasteiger partial charge in [0.25, 0.3) is 14.4 Å². The molecule has 12 nitrogen and oxygen atoms in total. The minimum absolute atomic E-state index is 0. The fourth-order valence-electron chi connectivity index (χ4n) is 4.12. The molecule has 6 rings (SSSR count). The number of sulfonamides is 1. The van der Waals surface area contributed by atoms with Gasteiger partial charge in [-0.15, -0.1) is 10.2 Å². The second-order valence-electron chi connectivity index (χ2n) is 8.87. The summed E-state index contributed by atoms with van der Waals surface area (Å²) in [6.07, 6.45) is 5.65. The number of morpholine rings is 1. The van der Waals surface area contributed by atoms with Crippen molar-refractivity contribution in [3.05, 3.63) is 67.1 Å². The van der Waals surface area contributed by atoms with Crippen molar-refractivity contribution in [2.45, 2.75) is 10.9 Å². The molecule has 5 aromatic rings. The van der Waals surface area contributed by atoms with E-state index >= 15 is 0 Å². The van der Waals surface area contributed by atoms with Gasteiger partial charge in [-0.05, 0) is 30.3 Å². The van der Waals surface area contributed by atoms with Gasteiger partial charge < -0.3 is 10.1 Å². The van der Waals surface area contributed by atoms with Gasteiger partial charge in [0, 0.05) is 78.4 Å². The second kappa shape index (κ2) is 12.7.